The van der Waals surface area contributed by atoms with Gasteiger partial charge in [-0.1, -0.05) is 27.7 Å². The highest BCUT2D eigenvalue weighted by Gasteiger charge is 2.04. The second-order valence-corrected chi connectivity index (χ2v) is 6.00. The van der Waals surface area contributed by atoms with Crippen molar-refractivity contribution in [2.24, 2.45) is 11.8 Å². The molecule has 2 N–H and O–H groups in total. The van der Waals surface area contributed by atoms with Crippen molar-refractivity contribution in [1.29, 1.82) is 0 Å². The van der Waals surface area contributed by atoms with Crippen molar-refractivity contribution in [1.82, 2.24) is 15.6 Å². The van der Waals surface area contributed by atoms with Crippen molar-refractivity contribution in [2.75, 3.05) is 19.7 Å². The number of aromatic nitrogens is 1. The van der Waals surface area contributed by atoms with Crippen LogP contribution in [-0.4, -0.2) is 30.6 Å². The molecule has 0 saturated carbocycles. The van der Waals surface area contributed by atoms with Crippen molar-refractivity contribution < 1.29 is 9.53 Å². The monoisotopic (exact) mass is 293 g/mol. The zero-order valence-electron chi connectivity index (χ0n) is 13.5. The van der Waals surface area contributed by atoms with Crippen molar-refractivity contribution in [3.05, 3.63) is 24.0 Å². The van der Waals surface area contributed by atoms with Gasteiger partial charge >= 0.3 is 0 Å². The number of rotatable bonds is 9. The van der Waals surface area contributed by atoms with E-state index in [1.54, 1.807) is 6.20 Å². The van der Waals surface area contributed by atoms with Crippen LogP contribution in [0.5, 0.6) is 5.75 Å². The van der Waals surface area contributed by atoms with Crippen LogP contribution in [0.1, 0.15) is 33.4 Å². The van der Waals surface area contributed by atoms with Crippen molar-refractivity contribution in [2.45, 2.75) is 34.2 Å². The molecular formula is C16H27N3O2. The van der Waals surface area contributed by atoms with Crippen LogP contribution in [0.3, 0.4) is 0 Å². The van der Waals surface area contributed by atoms with E-state index in [9.17, 15) is 4.79 Å². The van der Waals surface area contributed by atoms with Crippen LogP contribution in [0.25, 0.3) is 0 Å². The van der Waals surface area contributed by atoms with Gasteiger partial charge in [-0.2, -0.15) is 0 Å². The predicted molar refractivity (Wildman–Crippen MR) is 84.1 cm³/mol. The van der Waals surface area contributed by atoms with Crippen LogP contribution in [0, 0.1) is 11.8 Å². The van der Waals surface area contributed by atoms with Crippen molar-refractivity contribution in [3.8, 4) is 5.75 Å². The molecule has 0 spiro atoms. The zero-order valence-corrected chi connectivity index (χ0v) is 13.5. The minimum absolute atomic E-state index is 0.0271. The molecule has 1 heterocycles. The molecule has 0 fully saturated rings. The number of amides is 1. The number of hydrogen-bond acceptors (Lipinski definition) is 4. The number of carbonyl (C=O) groups is 1. The lowest BCUT2D eigenvalue weighted by Gasteiger charge is -2.10. The van der Waals surface area contributed by atoms with Gasteiger partial charge in [0.15, 0.2) is 6.61 Å². The van der Waals surface area contributed by atoms with E-state index in [1.165, 1.54) is 0 Å². The van der Waals surface area contributed by atoms with Crippen LogP contribution >= 0.6 is 0 Å². The van der Waals surface area contributed by atoms with Gasteiger partial charge in [-0.15, -0.1) is 0 Å². The average molecular weight is 293 g/mol. The Bertz CT molecular complexity index is 416. The second kappa shape index (κ2) is 9.34. The van der Waals surface area contributed by atoms with Crippen LogP contribution < -0.4 is 15.4 Å². The third kappa shape index (κ3) is 8.30. The fourth-order valence-corrected chi connectivity index (χ4v) is 1.61. The van der Waals surface area contributed by atoms with Crippen LogP contribution in [0.15, 0.2) is 18.3 Å². The highest BCUT2D eigenvalue weighted by atomic mass is 16.5. The van der Waals surface area contributed by atoms with Gasteiger partial charge in [0.05, 0.1) is 11.9 Å². The summed E-state index contributed by atoms with van der Waals surface area (Å²) >= 11 is 0. The van der Waals surface area contributed by atoms with E-state index in [0.29, 0.717) is 24.1 Å². The first-order valence-electron chi connectivity index (χ1n) is 7.52. The molecule has 1 rings (SSSR count). The van der Waals surface area contributed by atoms with E-state index >= 15 is 0 Å². The Labute approximate surface area is 127 Å². The molecule has 1 aromatic heterocycles. The Kier molecular flexibility index (Phi) is 7.75. The summed E-state index contributed by atoms with van der Waals surface area (Å²) in [5.41, 5.74) is 0.965. The summed E-state index contributed by atoms with van der Waals surface area (Å²) in [7, 11) is 0. The molecular weight excluding hydrogens is 266 g/mol. The molecule has 0 atom stereocenters. The molecule has 0 saturated heterocycles. The smallest absolute Gasteiger partial charge is 0.257 e. The molecule has 1 aromatic rings. The molecule has 0 aliphatic heterocycles. The second-order valence-electron chi connectivity index (χ2n) is 6.00. The molecule has 0 unspecified atom stereocenters. The van der Waals surface area contributed by atoms with E-state index < -0.39 is 0 Å². The van der Waals surface area contributed by atoms with E-state index in [1.807, 2.05) is 12.1 Å². The summed E-state index contributed by atoms with van der Waals surface area (Å²) in [6, 6.07) is 3.75. The van der Waals surface area contributed by atoms with E-state index in [2.05, 4.69) is 43.3 Å². The highest BCUT2D eigenvalue weighted by Crippen LogP contribution is 2.09. The van der Waals surface area contributed by atoms with Crippen LogP contribution in [-0.2, 0) is 11.3 Å². The van der Waals surface area contributed by atoms with Gasteiger partial charge in [-0.05, 0) is 30.5 Å². The van der Waals surface area contributed by atoms with Crippen LogP contribution in [0.4, 0.5) is 0 Å². The number of nitrogens with zero attached hydrogens (tertiary/aromatic N) is 1. The topological polar surface area (TPSA) is 63.2 Å². The number of carbonyl (C=O) groups excluding carboxylic acids is 1. The van der Waals surface area contributed by atoms with Crippen molar-refractivity contribution in [3.63, 3.8) is 0 Å². The number of hydrogen-bond donors (Lipinski definition) is 2. The first-order chi connectivity index (χ1) is 9.97. The lowest BCUT2D eigenvalue weighted by atomic mass is 10.2. The van der Waals surface area contributed by atoms with Crippen LogP contribution in [0.2, 0.25) is 0 Å². The molecule has 1 amide bonds. The minimum Gasteiger partial charge on any atom is -0.482 e. The summed E-state index contributed by atoms with van der Waals surface area (Å²) in [5.74, 6) is 1.57. The summed E-state index contributed by atoms with van der Waals surface area (Å²) in [6.45, 7) is 10.8. The van der Waals surface area contributed by atoms with Gasteiger partial charge in [-0.25, -0.2) is 0 Å². The van der Waals surface area contributed by atoms with E-state index in [-0.39, 0.29) is 12.5 Å². The van der Waals surface area contributed by atoms with E-state index in [4.69, 9.17) is 4.74 Å². The third-order valence-electron chi connectivity index (χ3n) is 2.73. The van der Waals surface area contributed by atoms with E-state index in [0.717, 1.165) is 18.8 Å². The Balaban J connectivity index is 2.29. The first-order valence-corrected chi connectivity index (χ1v) is 7.52. The largest absolute Gasteiger partial charge is 0.482 e. The van der Waals surface area contributed by atoms with Gasteiger partial charge in [-0.3, -0.25) is 9.78 Å². The summed E-state index contributed by atoms with van der Waals surface area (Å²) < 4.78 is 5.40. The molecule has 118 valence electrons. The molecule has 0 radical (unpaired) electrons. The fourth-order valence-electron chi connectivity index (χ4n) is 1.61. The SMILES string of the molecule is CC(C)CNCc1ccc(OCC(=O)NCC(C)C)cn1. The molecule has 0 bridgehead atoms. The minimum atomic E-state index is -0.105. The molecule has 5 nitrogen and oxygen atoms in total. The maximum Gasteiger partial charge on any atom is 0.257 e. The zero-order chi connectivity index (χ0) is 15.7. The molecule has 21 heavy (non-hydrogen) atoms. The summed E-state index contributed by atoms with van der Waals surface area (Å²) in [5, 5.41) is 6.14. The number of nitrogens with one attached hydrogen (secondary N) is 2. The average Bonchev–Trinajstić information content (AvgIpc) is 2.44. The Morgan fingerprint density at radius 1 is 1.19 bits per heavy atom. The number of pyridine rings is 1. The molecule has 0 aromatic carbocycles. The normalized spacial score (nSPS) is 11.0. The first kappa shape index (κ1) is 17.4. The molecule has 0 aliphatic carbocycles. The maximum atomic E-state index is 11.5. The standard InChI is InChI=1S/C16H27N3O2/c1-12(2)7-17-9-14-5-6-15(10-18-14)21-11-16(20)19-8-13(3)4/h5-6,10,12-13,17H,7-9,11H2,1-4H3,(H,19,20). The summed E-state index contributed by atoms with van der Waals surface area (Å²) in [6.07, 6.45) is 1.65. The molecule has 5 heteroatoms. The summed E-state index contributed by atoms with van der Waals surface area (Å²) in [4.78, 5) is 15.8. The lowest BCUT2D eigenvalue weighted by molar-refractivity contribution is -0.123. The van der Waals surface area contributed by atoms with Gasteiger partial charge in [0.1, 0.15) is 5.75 Å². The lowest BCUT2D eigenvalue weighted by Crippen LogP contribution is -2.31. The Morgan fingerprint density at radius 2 is 1.90 bits per heavy atom. The predicted octanol–water partition coefficient (Wildman–Crippen LogP) is 1.98. The Hall–Kier alpha value is -1.62. The van der Waals surface area contributed by atoms with Crippen molar-refractivity contribution >= 4 is 5.91 Å². The maximum absolute atomic E-state index is 11.5. The quantitative estimate of drug-likeness (QED) is 0.731. The highest BCUT2D eigenvalue weighted by molar-refractivity contribution is 5.77. The van der Waals surface area contributed by atoms with Gasteiger partial charge < -0.3 is 15.4 Å². The number of ether oxygens (including phenoxy) is 1. The molecule has 0 aliphatic rings. The Morgan fingerprint density at radius 3 is 2.48 bits per heavy atom. The fraction of sp³-hybridized carbons (Fsp3) is 0.625. The van der Waals surface area contributed by atoms with Gasteiger partial charge in [0, 0.05) is 13.1 Å². The van der Waals surface area contributed by atoms with Gasteiger partial charge in [0.2, 0.25) is 0 Å². The third-order valence-corrected chi connectivity index (χ3v) is 2.73. The van der Waals surface area contributed by atoms with Gasteiger partial charge in [0.25, 0.3) is 5.91 Å².